The van der Waals surface area contributed by atoms with Crippen LogP contribution in [0.25, 0.3) is 22.3 Å². The van der Waals surface area contributed by atoms with Crippen LogP contribution in [0.15, 0.2) is 47.0 Å². The smallest absolute Gasteiger partial charge is 0.325 e. The summed E-state index contributed by atoms with van der Waals surface area (Å²) in [7, 11) is 1.25. The molecule has 1 aromatic carbocycles. The van der Waals surface area contributed by atoms with Crippen LogP contribution in [0.3, 0.4) is 0 Å². The zero-order valence-corrected chi connectivity index (χ0v) is 20.7. The number of nitrogens with one attached hydrogen (secondary N) is 2. The number of carbonyl (C=O) groups is 3. The van der Waals surface area contributed by atoms with Crippen LogP contribution < -0.4 is 10.6 Å². The maximum Gasteiger partial charge on any atom is 0.325 e. The highest BCUT2D eigenvalue weighted by atomic mass is 16.5. The molecule has 0 atom stereocenters. The fourth-order valence-electron chi connectivity index (χ4n) is 3.84. The molecule has 4 aromatic rings. The topological polar surface area (TPSA) is 128 Å². The van der Waals surface area contributed by atoms with E-state index in [1.165, 1.54) is 7.11 Å². The van der Waals surface area contributed by atoms with Crippen molar-refractivity contribution < 1.29 is 23.5 Å². The van der Waals surface area contributed by atoms with Crippen LogP contribution in [0.1, 0.15) is 52.1 Å². The minimum absolute atomic E-state index is 0.0474. The van der Waals surface area contributed by atoms with Gasteiger partial charge in [-0.2, -0.15) is 5.10 Å². The highest BCUT2D eigenvalue weighted by Gasteiger charge is 2.20. The first-order valence-electron chi connectivity index (χ1n) is 11.4. The summed E-state index contributed by atoms with van der Waals surface area (Å²) in [6, 6.07) is 10.0. The molecule has 0 aliphatic heterocycles. The molecule has 0 bridgehead atoms. The van der Waals surface area contributed by atoms with E-state index in [0.717, 1.165) is 11.3 Å². The van der Waals surface area contributed by atoms with Gasteiger partial charge in [-0.1, -0.05) is 0 Å². The van der Waals surface area contributed by atoms with Crippen LogP contribution >= 0.6 is 0 Å². The SMILES string of the molecule is COC(=O)CNC(=O)c1ccc(NC(=O)c2cc(-c3cc(C)oc3C)nc3c2cnn3C(C)C)cc1. The number of hydrogen-bond acceptors (Lipinski definition) is 7. The molecule has 0 saturated carbocycles. The molecule has 0 saturated heterocycles. The van der Waals surface area contributed by atoms with E-state index in [-0.39, 0.29) is 18.5 Å². The summed E-state index contributed by atoms with van der Waals surface area (Å²) < 4.78 is 12.0. The molecule has 0 spiro atoms. The molecule has 186 valence electrons. The number of methoxy groups -OCH3 is 1. The largest absolute Gasteiger partial charge is 0.468 e. The predicted octanol–water partition coefficient (Wildman–Crippen LogP) is 4.04. The van der Waals surface area contributed by atoms with E-state index in [9.17, 15) is 14.4 Å². The van der Waals surface area contributed by atoms with Gasteiger partial charge < -0.3 is 19.8 Å². The molecular formula is C26H27N5O5. The number of ether oxygens (including phenoxy) is 1. The third-order valence-corrected chi connectivity index (χ3v) is 5.64. The number of aromatic nitrogens is 3. The van der Waals surface area contributed by atoms with Gasteiger partial charge in [-0.3, -0.25) is 14.4 Å². The van der Waals surface area contributed by atoms with Gasteiger partial charge in [0.2, 0.25) is 0 Å². The molecule has 3 aromatic heterocycles. The summed E-state index contributed by atoms with van der Waals surface area (Å²) in [5.41, 5.74) is 3.28. The molecule has 0 aliphatic rings. The van der Waals surface area contributed by atoms with Crippen LogP contribution in [-0.4, -0.2) is 46.2 Å². The minimum Gasteiger partial charge on any atom is -0.468 e. The molecule has 0 fully saturated rings. The monoisotopic (exact) mass is 489 g/mol. The lowest BCUT2D eigenvalue weighted by molar-refractivity contribution is -0.139. The van der Waals surface area contributed by atoms with Gasteiger partial charge >= 0.3 is 5.97 Å². The van der Waals surface area contributed by atoms with Crippen LogP contribution in [0, 0.1) is 13.8 Å². The van der Waals surface area contributed by atoms with Crippen LogP contribution in [0.2, 0.25) is 0 Å². The second kappa shape index (κ2) is 10.0. The second-order valence-electron chi connectivity index (χ2n) is 8.59. The Labute approximate surface area is 207 Å². The van der Waals surface area contributed by atoms with Gasteiger partial charge in [0.05, 0.1) is 30.0 Å². The number of amides is 2. The first-order valence-corrected chi connectivity index (χ1v) is 11.4. The first kappa shape index (κ1) is 24.6. The zero-order chi connectivity index (χ0) is 26.0. The Bertz CT molecular complexity index is 1450. The molecule has 10 heteroatoms. The third kappa shape index (κ3) is 4.97. The van der Waals surface area contributed by atoms with Crippen LogP contribution in [0.4, 0.5) is 5.69 Å². The number of aryl methyl sites for hydroxylation is 2. The summed E-state index contributed by atoms with van der Waals surface area (Å²) in [4.78, 5) is 41.6. The van der Waals surface area contributed by atoms with Crippen LogP contribution in [0.5, 0.6) is 0 Å². The minimum atomic E-state index is -0.545. The number of rotatable bonds is 7. The van der Waals surface area contributed by atoms with Gasteiger partial charge in [-0.05, 0) is 64.1 Å². The molecule has 10 nitrogen and oxygen atoms in total. The number of pyridine rings is 1. The molecule has 0 unspecified atom stereocenters. The maximum absolute atomic E-state index is 13.4. The highest BCUT2D eigenvalue weighted by Crippen LogP contribution is 2.30. The highest BCUT2D eigenvalue weighted by molar-refractivity contribution is 6.12. The van der Waals surface area contributed by atoms with E-state index in [1.807, 2.05) is 33.8 Å². The van der Waals surface area contributed by atoms with Crippen molar-refractivity contribution in [2.45, 2.75) is 33.7 Å². The number of nitrogens with zero attached hydrogens (tertiary/aromatic N) is 3. The molecule has 2 N–H and O–H groups in total. The normalized spacial score (nSPS) is 11.1. The van der Waals surface area contributed by atoms with Gasteiger partial charge in [0.25, 0.3) is 11.8 Å². The Hall–Kier alpha value is -4.47. The van der Waals surface area contributed by atoms with Crippen molar-refractivity contribution in [2.75, 3.05) is 19.0 Å². The van der Waals surface area contributed by atoms with Crippen molar-refractivity contribution in [1.82, 2.24) is 20.1 Å². The Morgan fingerprint density at radius 2 is 1.81 bits per heavy atom. The van der Waals surface area contributed by atoms with E-state index in [1.54, 1.807) is 41.2 Å². The zero-order valence-electron chi connectivity index (χ0n) is 20.7. The third-order valence-electron chi connectivity index (χ3n) is 5.64. The van der Waals surface area contributed by atoms with Gasteiger partial charge in [-0.15, -0.1) is 0 Å². The van der Waals surface area contributed by atoms with E-state index in [2.05, 4.69) is 20.5 Å². The summed E-state index contributed by atoms with van der Waals surface area (Å²) in [5, 5.41) is 10.4. The van der Waals surface area contributed by atoms with Crippen molar-refractivity contribution in [1.29, 1.82) is 0 Å². The van der Waals surface area contributed by atoms with E-state index in [0.29, 0.717) is 39.3 Å². The molecule has 36 heavy (non-hydrogen) atoms. The summed E-state index contributed by atoms with van der Waals surface area (Å²) in [6.45, 7) is 7.48. The number of furan rings is 1. The predicted molar refractivity (Wildman–Crippen MR) is 134 cm³/mol. The number of carbonyl (C=O) groups excluding carboxylic acids is 3. The lowest BCUT2D eigenvalue weighted by atomic mass is 10.1. The van der Waals surface area contributed by atoms with Crippen molar-refractivity contribution in [3.63, 3.8) is 0 Å². The molecule has 3 heterocycles. The summed E-state index contributed by atoms with van der Waals surface area (Å²) >= 11 is 0. The van der Waals surface area contributed by atoms with Crippen molar-refractivity contribution in [3.8, 4) is 11.3 Å². The molecule has 2 amide bonds. The Morgan fingerprint density at radius 1 is 1.08 bits per heavy atom. The fraction of sp³-hybridized carbons (Fsp3) is 0.269. The quantitative estimate of drug-likeness (QED) is 0.375. The molecule has 0 radical (unpaired) electrons. The average Bonchev–Trinajstić information content (AvgIpc) is 3.44. The Morgan fingerprint density at radius 3 is 2.42 bits per heavy atom. The van der Waals surface area contributed by atoms with Crippen LogP contribution in [-0.2, 0) is 9.53 Å². The molecule has 0 aliphatic carbocycles. The maximum atomic E-state index is 13.4. The van der Waals surface area contributed by atoms with Gasteiger partial charge in [0.15, 0.2) is 5.65 Å². The Balaban J connectivity index is 1.63. The average molecular weight is 490 g/mol. The molecule has 4 rings (SSSR count). The van der Waals surface area contributed by atoms with Gasteiger partial charge in [0.1, 0.15) is 18.1 Å². The summed E-state index contributed by atoms with van der Waals surface area (Å²) in [6.07, 6.45) is 1.64. The van der Waals surface area contributed by atoms with E-state index < -0.39 is 11.9 Å². The number of esters is 1. The number of benzene rings is 1. The first-order chi connectivity index (χ1) is 17.2. The second-order valence-corrected chi connectivity index (χ2v) is 8.59. The fourth-order valence-corrected chi connectivity index (χ4v) is 3.84. The number of anilines is 1. The van der Waals surface area contributed by atoms with E-state index in [4.69, 9.17) is 9.40 Å². The van der Waals surface area contributed by atoms with Crippen molar-refractivity contribution in [3.05, 3.63) is 65.2 Å². The lowest BCUT2D eigenvalue weighted by Gasteiger charge is -2.11. The molecular weight excluding hydrogens is 462 g/mol. The van der Waals surface area contributed by atoms with Gasteiger partial charge in [0, 0.05) is 22.9 Å². The van der Waals surface area contributed by atoms with Gasteiger partial charge in [-0.25, -0.2) is 9.67 Å². The standard InChI is InChI=1S/C26H27N5O5/c1-14(2)31-24-21(12-28-31)20(11-22(30-24)19-10-15(3)36-16(19)4)26(34)29-18-8-6-17(7-9-18)25(33)27-13-23(32)35-5/h6-12,14H,13H2,1-5H3,(H,27,33)(H,29,34). The summed E-state index contributed by atoms with van der Waals surface area (Å²) in [5.74, 6) is 0.154. The number of hydrogen-bond donors (Lipinski definition) is 2. The lowest BCUT2D eigenvalue weighted by Crippen LogP contribution is -2.30. The Kier molecular flexibility index (Phi) is 6.86. The number of fused-ring (bicyclic) bond motifs is 1. The van der Waals surface area contributed by atoms with E-state index >= 15 is 0 Å². The van der Waals surface area contributed by atoms with Crippen molar-refractivity contribution in [2.24, 2.45) is 0 Å². The van der Waals surface area contributed by atoms with Crippen molar-refractivity contribution >= 4 is 34.5 Å².